The number of nitrogens with zero attached hydrogens (tertiary/aromatic N) is 2. The molecule has 0 atom stereocenters. The molecule has 0 aliphatic heterocycles. The first-order chi connectivity index (χ1) is 20.7. The maximum atomic E-state index is 12.4. The molecule has 4 nitrogen and oxygen atoms in total. The average molecular weight is 540 g/mol. The number of hydrogen-bond donors (Lipinski definition) is 1. The van der Waals surface area contributed by atoms with Crippen molar-refractivity contribution in [3.05, 3.63) is 138 Å². The minimum Gasteiger partial charge on any atom is -0.337 e. The summed E-state index contributed by atoms with van der Waals surface area (Å²) in [6.45, 7) is 2.05. The van der Waals surface area contributed by atoms with E-state index in [1.54, 1.807) is 0 Å². The lowest BCUT2D eigenvalue weighted by molar-refractivity contribution is 0.112. The smallest absolute Gasteiger partial charge is 0.150 e. The molecule has 7 rings (SSSR count). The quantitative estimate of drug-likeness (QED) is 0.222. The molecule has 0 fully saturated rings. The van der Waals surface area contributed by atoms with Gasteiger partial charge in [-0.1, -0.05) is 97.1 Å². The van der Waals surface area contributed by atoms with E-state index in [1.807, 2.05) is 72.8 Å². The first-order valence-corrected chi connectivity index (χ1v) is 13.8. The van der Waals surface area contributed by atoms with E-state index in [2.05, 4.69) is 66.5 Å². The molecule has 1 N–H and O–H groups in total. The number of aromatic nitrogens is 2. The number of H-pyrrole nitrogens is 1. The molecule has 7 aromatic rings. The van der Waals surface area contributed by atoms with E-state index >= 15 is 0 Å². The van der Waals surface area contributed by atoms with Crippen molar-refractivity contribution in [3.63, 3.8) is 0 Å². The summed E-state index contributed by atoms with van der Waals surface area (Å²) < 4.78 is 0. The average Bonchev–Trinajstić information content (AvgIpc) is 3.48. The Morgan fingerprint density at radius 3 is 2.07 bits per heavy atom. The number of aromatic amines is 1. The van der Waals surface area contributed by atoms with Crippen LogP contribution in [0.3, 0.4) is 0 Å². The third kappa shape index (κ3) is 4.16. The van der Waals surface area contributed by atoms with Gasteiger partial charge < -0.3 is 4.98 Å². The Morgan fingerprint density at radius 1 is 0.667 bits per heavy atom. The molecule has 0 radical (unpaired) electrons. The topological polar surface area (TPSA) is 69.5 Å². The molecular formula is C38H25N3O. The summed E-state index contributed by atoms with van der Waals surface area (Å²) in [5, 5.41) is 11.6. The molecule has 0 bridgehead atoms. The molecule has 6 aromatic carbocycles. The zero-order valence-electron chi connectivity index (χ0n) is 22.9. The van der Waals surface area contributed by atoms with Gasteiger partial charge in [0.25, 0.3) is 0 Å². The number of nitriles is 1. The second-order valence-corrected chi connectivity index (χ2v) is 10.4. The van der Waals surface area contributed by atoms with Gasteiger partial charge in [0, 0.05) is 27.5 Å². The van der Waals surface area contributed by atoms with E-state index in [0.717, 1.165) is 67.2 Å². The summed E-state index contributed by atoms with van der Waals surface area (Å²) >= 11 is 0. The lowest BCUT2D eigenvalue weighted by Crippen LogP contribution is -1.95. The molecular weight excluding hydrogens is 514 g/mol. The Hall–Kier alpha value is -5.79. The van der Waals surface area contributed by atoms with E-state index in [1.165, 1.54) is 0 Å². The van der Waals surface area contributed by atoms with Crippen LogP contribution in [0.5, 0.6) is 0 Å². The van der Waals surface area contributed by atoms with Gasteiger partial charge in [0.15, 0.2) is 6.29 Å². The molecule has 198 valence electrons. The summed E-state index contributed by atoms with van der Waals surface area (Å²) in [7, 11) is 0. The van der Waals surface area contributed by atoms with Crippen LogP contribution in [0, 0.1) is 18.3 Å². The first-order valence-electron chi connectivity index (χ1n) is 13.8. The predicted molar refractivity (Wildman–Crippen MR) is 170 cm³/mol. The number of imidazole rings is 1. The van der Waals surface area contributed by atoms with Crippen LogP contribution >= 0.6 is 0 Å². The van der Waals surface area contributed by atoms with Crippen molar-refractivity contribution in [2.24, 2.45) is 0 Å². The van der Waals surface area contributed by atoms with Gasteiger partial charge in [-0.25, -0.2) is 4.98 Å². The summed E-state index contributed by atoms with van der Waals surface area (Å²) in [4.78, 5) is 21.1. The monoisotopic (exact) mass is 539 g/mol. The largest absolute Gasteiger partial charge is 0.337 e. The molecule has 0 spiro atoms. The molecule has 0 saturated heterocycles. The van der Waals surface area contributed by atoms with Gasteiger partial charge in [-0.05, 0) is 64.6 Å². The van der Waals surface area contributed by atoms with Crippen molar-refractivity contribution in [1.82, 2.24) is 9.97 Å². The van der Waals surface area contributed by atoms with Gasteiger partial charge in [-0.2, -0.15) is 5.26 Å². The SMILES string of the molecule is Cc1ccccc1-c1ccc(C=O)c2c(-c3nc4cc(-c5ccccc5)cc(-c5ccccc5)c4[nH]3)ccc(C#N)c12. The molecule has 1 heterocycles. The number of fused-ring (bicyclic) bond motifs is 2. The van der Waals surface area contributed by atoms with Crippen LogP contribution in [0.2, 0.25) is 0 Å². The van der Waals surface area contributed by atoms with Crippen LogP contribution in [-0.4, -0.2) is 16.3 Å². The molecule has 1 aromatic heterocycles. The fraction of sp³-hybridized carbons (Fsp3) is 0.0263. The Kier molecular flexibility index (Phi) is 6.19. The number of nitrogens with one attached hydrogen (secondary N) is 1. The van der Waals surface area contributed by atoms with Gasteiger partial charge in [-0.3, -0.25) is 4.79 Å². The zero-order chi connectivity index (χ0) is 28.6. The number of rotatable bonds is 5. The van der Waals surface area contributed by atoms with E-state index in [-0.39, 0.29) is 0 Å². The lowest BCUT2D eigenvalue weighted by Gasteiger charge is -2.15. The molecule has 42 heavy (non-hydrogen) atoms. The van der Waals surface area contributed by atoms with E-state index in [0.29, 0.717) is 22.3 Å². The highest BCUT2D eigenvalue weighted by Crippen LogP contribution is 2.41. The number of aldehydes is 1. The molecule has 0 unspecified atom stereocenters. The highest BCUT2D eigenvalue weighted by Gasteiger charge is 2.20. The fourth-order valence-electron chi connectivity index (χ4n) is 5.89. The number of carbonyl (C=O) groups is 1. The summed E-state index contributed by atoms with van der Waals surface area (Å²) in [6.07, 6.45) is 0.861. The van der Waals surface area contributed by atoms with Crippen molar-refractivity contribution in [3.8, 4) is 50.8 Å². The normalized spacial score (nSPS) is 11.0. The van der Waals surface area contributed by atoms with Gasteiger partial charge in [0.2, 0.25) is 0 Å². The highest BCUT2D eigenvalue weighted by molar-refractivity contribution is 6.14. The maximum Gasteiger partial charge on any atom is 0.150 e. The van der Waals surface area contributed by atoms with E-state index in [9.17, 15) is 10.1 Å². The number of benzene rings is 6. The Balaban J connectivity index is 1.54. The molecule has 0 saturated carbocycles. The Bertz CT molecular complexity index is 2170. The van der Waals surface area contributed by atoms with Crippen LogP contribution in [0.15, 0.2) is 121 Å². The Labute approximate surface area is 243 Å². The third-order valence-electron chi connectivity index (χ3n) is 7.92. The van der Waals surface area contributed by atoms with Crippen LogP contribution in [-0.2, 0) is 0 Å². The molecule has 0 aliphatic rings. The summed E-state index contributed by atoms with van der Waals surface area (Å²) in [6, 6.07) is 42.8. The molecule has 4 heteroatoms. The van der Waals surface area contributed by atoms with Crippen LogP contribution in [0.1, 0.15) is 21.5 Å². The van der Waals surface area contributed by atoms with Crippen molar-refractivity contribution in [2.45, 2.75) is 6.92 Å². The van der Waals surface area contributed by atoms with Crippen molar-refractivity contribution >= 4 is 28.1 Å². The van der Waals surface area contributed by atoms with Crippen molar-refractivity contribution < 1.29 is 4.79 Å². The number of carbonyl (C=O) groups excluding carboxylic acids is 1. The van der Waals surface area contributed by atoms with Gasteiger partial charge >= 0.3 is 0 Å². The van der Waals surface area contributed by atoms with Crippen LogP contribution < -0.4 is 0 Å². The molecule has 0 aliphatic carbocycles. The maximum absolute atomic E-state index is 12.4. The second kappa shape index (κ2) is 10.3. The minimum atomic E-state index is 0.517. The highest BCUT2D eigenvalue weighted by atomic mass is 16.1. The summed E-state index contributed by atoms with van der Waals surface area (Å²) in [5.41, 5.74) is 10.9. The zero-order valence-corrected chi connectivity index (χ0v) is 22.9. The van der Waals surface area contributed by atoms with E-state index in [4.69, 9.17) is 4.98 Å². The fourth-order valence-corrected chi connectivity index (χ4v) is 5.89. The van der Waals surface area contributed by atoms with Crippen molar-refractivity contribution in [1.29, 1.82) is 5.26 Å². The molecule has 0 amide bonds. The minimum absolute atomic E-state index is 0.517. The predicted octanol–water partition coefficient (Wildman–Crippen LogP) is 9.38. The number of hydrogen-bond acceptors (Lipinski definition) is 3. The standard InChI is InChI=1S/C38H25N3O/c1-24-10-8-9-15-30(24)31-18-17-28(23-42)36-32(19-16-27(22-39)35(31)36)38-40-34-21-29(25-11-4-2-5-12-25)20-33(37(34)41-38)26-13-6-3-7-14-26/h2-21,23H,1H3,(H,40,41). The van der Waals surface area contributed by atoms with Crippen LogP contribution in [0.25, 0.3) is 66.6 Å². The first kappa shape index (κ1) is 25.2. The van der Waals surface area contributed by atoms with Crippen molar-refractivity contribution in [2.75, 3.05) is 0 Å². The van der Waals surface area contributed by atoms with Gasteiger partial charge in [-0.15, -0.1) is 0 Å². The van der Waals surface area contributed by atoms with Gasteiger partial charge in [0.05, 0.1) is 22.7 Å². The van der Waals surface area contributed by atoms with Gasteiger partial charge in [0.1, 0.15) is 5.82 Å². The third-order valence-corrected chi connectivity index (χ3v) is 7.92. The van der Waals surface area contributed by atoms with E-state index < -0.39 is 0 Å². The Morgan fingerprint density at radius 2 is 1.36 bits per heavy atom. The second-order valence-electron chi connectivity index (χ2n) is 10.4. The summed E-state index contributed by atoms with van der Waals surface area (Å²) in [5.74, 6) is 0.645. The number of aryl methyl sites for hydroxylation is 1. The van der Waals surface area contributed by atoms with Crippen LogP contribution in [0.4, 0.5) is 0 Å². The lowest BCUT2D eigenvalue weighted by atomic mass is 9.88.